The lowest BCUT2D eigenvalue weighted by atomic mass is 9.81. The van der Waals surface area contributed by atoms with E-state index in [-0.39, 0.29) is 18.0 Å². The van der Waals surface area contributed by atoms with E-state index in [1.54, 1.807) is 0 Å². The SMILES string of the molecule is O=C1NC2(CCCCC2)C(=O)N1C1CCNCC1. The van der Waals surface area contributed by atoms with Gasteiger partial charge in [-0.1, -0.05) is 19.3 Å². The Balaban J connectivity index is 1.79. The van der Waals surface area contributed by atoms with E-state index >= 15 is 0 Å². The molecular weight excluding hydrogens is 230 g/mol. The van der Waals surface area contributed by atoms with Gasteiger partial charge in [0.25, 0.3) is 5.91 Å². The molecule has 3 aliphatic rings. The summed E-state index contributed by atoms with van der Waals surface area (Å²) < 4.78 is 0. The summed E-state index contributed by atoms with van der Waals surface area (Å²) in [6.07, 6.45) is 6.68. The molecule has 2 heterocycles. The minimum absolute atomic E-state index is 0.0408. The molecule has 0 radical (unpaired) electrons. The Labute approximate surface area is 107 Å². The summed E-state index contributed by atoms with van der Waals surface area (Å²) >= 11 is 0. The van der Waals surface area contributed by atoms with E-state index in [4.69, 9.17) is 0 Å². The lowest BCUT2D eigenvalue weighted by Crippen LogP contribution is -2.50. The van der Waals surface area contributed by atoms with Gasteiger partial charge in [0.05, 0.1) is 0 Å². The van der Waals surface area contributed by atoms with Crippen LogP contribution in [-0.2, 0) is 4.79 Å². The van der Waals surface area contributed by atoms with Crippen molar-refractivity contribution in [2.24, 2.45) is 0 Å². The van der Waals surface area contributed by atoms with Gasteiger partial charge in [0.1, 0.15) is 5.54 Å². The first-order valence-corrected chi connectivity index (χ1v) is 7.09. The number of carbonyl (C=O) groups is 2. The highest BCUT2D eigenvalue weighted by Crippen LogP contribution is 2.35. The molecule has 2 saturated heterocycles. The second-order valence-corrected chi connectivity index (χ2v) is 5.73. The van der Waals surface area contributed by atoms with Crippen LogP contribution in [0.4, 0.5) is 4.79 Å². The summed E-state index contributed by atoms with van der Waals surface area (Å²) in [6.45, 7) is 1.80. The van der Waals surface area contributed by atoms with E-state index in [9.17, 15) is 9.59 Å². The fraction of sp³-hybridized carbons (Fsp3) is 0.846. The van der Waals surface area contributed by atoms with Gasteiger partial charge in [-0.15, -0.1) is 0 Å². The molecule has 0 unspecified atom stereocenters. The van der Waals surface area contributed by atoms with E-state index in [0.29, 0.717) is 0 Å². The number of rotatable bonds is 1. The van der Waals surface area contributed by atoms with Crippen LogP contribution in [0.15, 0.2) is 0 Å². The van der Waals surface area contributed by atoms with Gasteiger partial charge in [-0.2, -0.15) is 0 Å². The molecule has 0 aromatic carbocycles. The molecule has 0 atom stereocenters. The number of hydrogen-bond acceptors (Lipinski definition) is 3. The van der Waals surface area contributed by atoms with Crippen molar-refractivity contribution in [3.05, 3.63) is 0 Å². The third kappa shape index (κ3) is 1.81. The van der Waals surface area contributed by atoms with Gasteiger partial charge >= 0.3 is 6.03 Å². The van der Waals surface area contributed by atoms with Gasteiger partial charge < -0.3 is 10.6 Å². The zero-order valence-electron chi connectivity index (χ0n) is 10.7. The van der Waals surface area contributed by atoms with Gasteiger partial charge in [-0.3, -0.25) is 9.69 Å². The monoisotopic (exact) mass is 251 g/mol. The van der Waals surface area contributed by atoms with Gasteiger partial charge in [0.15, 0.2) is 0 Å². The Morgan fingerprint density at radius 1 is 1.06 bits per heavy atom. The molecule has 1 aliphatic carbocycles. The fourth-order valence-electron chi connectivity index (χ4n) is 3.53. The molecule has 2 aliphatic heterocycles. The number of nitrogens with zero attached hydrogens (tertiary/aromatic N) is 1. The normalized spacial score (nSPS) is 28.8. The zero-order valence-corrected chi connectivity index (χ0v) is 10.7. The summed E-state index contributed by atoms with van der Waals surface area (Å²) in [6, 6.07) is -0.0612. The molecule has 5 nitrogen and oxygen atoms in total. The smallest absolute Gasteiger partial charge is 0.323 e. The number of imide groups is 1. The number of amides is 3. The summed E-state index contributed by atoms with van der Waals surface area (Å²) in [7, 11) is 0. The second-order valence-electron chi connectivity index (χ2n) is 5.73. The largest absolute Gasteiger partial charge is 0.325 e. The summed E-state index contributed by atoms with van der Waals surface area (Å²) in [4.78, 5) is 26.3. The Hall–Kier alpha value is -1.10. The van der Waals surface area contributed by atoms with E-state index in [1.165, 1.54) is 11.3 Å². The van der Waals surface area contributed by atoms with E-state index < -0.39 is 5.54 Å². The lowest BCUT2D eigenvalue weighted by Gasteiger charge is -2.33. The van der Waals surface area contributed by atoms with E-state index in [2.05, 4.69) is 10.6 Å². The van der Waals surface area contributed by atoms with Gasteiger partial charge in [-0.25, -0.2) is 4.79 Å². The minimum atomic E-state index is -0.555. The van der Waals surface area contributed by atoms with Crippen molar-refractivity contribution in [1.29, 1.82) is 0 Å². The molecule has 3 amide bonds. The van der Waals surface area contributed by atoms with Crippen molar-refractivity contribution in [3.8, 4) is 0 Å². The standard InChI is InChI=1S/C13H21N3O2/c17-11-13(6-2-1-3-7-13)15-12(18)16(11)10-4-8-14-9-5-10/h10,14H,1-9H2,(H,15,18). The summed E-state index contributed by atoms with van der Waals surface area (Å²) in [5, 5.41) is 6.25. The molecule has 0 bridgehead atoms. The third-order valence-electron chi connectivity index (χ3n) is 4.57. The van der Waals surface area contributed by atoms with Crippen molar-refractivity contribution >= 4 is 11.9 Å². The van der Waals surface area contributed by atoms with Crippen molar-refractivity contribution in [3.63, 3.8) is 0 Å². The van der Waals surface area contributed by atoms with Crippen LogP contribution in [0.25, 0.3) is 0 Å². The van der Waals surface area contributed by atoms with Crippen LogP contribution in [0.5, 0.6) is 0 Å². The number of urea groups is 1. The highest BCUT2D eigenvalue weighted by atomic mass is 16.2. The second kappa shape index (κ2) is 4.53. The molecule has 100 valence electrons. The molecule has 0 aromatic rings. The topological polar surface area (TPSA) is 61.4 Å². The van der Waals surface area contributed by atoms with Crippen molar-refractivity contribution in [1.82, 2.24) is 15.5 Å². The molecule has 1 spiro atoms. The van der Waals surface area contributed by atoms with Gasteiger partial charge in [-0.05, 0) is 38.8 Å². The predicted molar refractivity (Wildman–Crippen MR) is 67.1 cm³/mol. The number of nitrogens with one attached hydrogen (secondary N) is 2. The van der Waals surface area contributed by atoms with Crippen molar-refractivity contribution in [2.45, 2.75) is 56.5 Å². The quantitative estimate of drug-likeness (QED) is 0.683. The minimum Gasteiger partial charge on any atom is -0.323 e. The Bertz CT molecular complexity index is 357. The van der Waals surface area contributed by atoms with Crippen LogP contribution in [0, 0.1) is 0 Å². The first kappa shape index (κ1) is 12.0. The zero-order chi connectivity index (χ0) is 12.6. The van der Waals surface area contributed by atoms with Gasteiger partial charge in [0.2, 0.25) is 0 Å². The fourth-order valence-corrected chi connectivity index (χ4v) is 3.53. The molecule has 2 N–H and O–H groups in total. The molecule has 3 fully saturated rings. The number of carbonyl (C=O) groups excluding carboxylic acids is 2. The molecular formula is C13H21N3O2. The van der Waals surface area contributed by atoms with Crippen LogP contribution in [0.1, 0.15) is 44.9 Å². The first-order chi connectivity index (χ1) is 8.73. The Kier molecular flexibility index (Phi) is 3.01. The number of hydrogen-bond donors (Lipinski definition) is 2. The summed E-state index contributed by atoms with van der Waals surface area (Å²) in [5.41, 5.74) is -0.555. The van der Waals surface area contributed by atoms with Crippen LogP contribution >= 0.6 is 0 Å². The van der Waals surface area contributed by atoms with Crippen LogP contribution in [0.3, 0.4) is 0 Å². The third-order valence-corrected chi connectivity index (χ3v) is 4.57. The lowest BCUT2D eigenvalue weighted by molar-refractivity contribution is -0.134. The number of piperidine rings is 1. The maximum absolute atomic E-state index is 12.6. The Morgan fingerprint density at radius 3 is 2.39 bits per heavy atom. The highest BCUT2D eigenvalue weighted by molar-refractivity contribution is 6.07. The molecule has 3 rings (SSSR count). The molecule has 1 saturated carbocycles. The Morgan fingerprint density at radius 2 is 1.72 bits per heavy atom. The molecule has 5 heteroatoms. The van der Waals surface area contributed by atoms with E-state index in [1.807, 2.05) is 0 Å². The highest BCUT2D eigenvalue weighted by Gasteiger charge is 2.53. The van der Waals surface area contributed by atoms with Crippen molar-refractivity contribution < 1.29 is 9.59 Å². The van der Waals surface area contributed by atoms with Gasteiger partial charge in [0, 0.05) is 6.04 Å². The average molecular weight is 251 g/mol. The average Bonchev–Trinajstić information content (AvgIpc) is 2.63. The molecule has 0 aromatic heterocycles. The maximum atomic E-state index is 12.6. The van der Waals surface area contributed by atoms with Crippen molar-refractivity contribution in [2.75, 3.05) is 13.1 Å². The molecule has 18 heavy (non-hydrogen) atoms. The van der Waals surface area contributed by atoms with E-state index in [0.717, 1.165) is 51.6 Å². The van der Waals surface area contributed by atoms with Crippen LogP contribution in [-0.4, -0.2) is 41.5 Å². The maximum Gasteiger partial charge on any atom is 0.325 e. The predicted octanol–water partition coefficient (Wildman–Crippen LogP) is 0.993. The van der Waals surface area contributed by atoms with Crippen LogP contribution < -0.4 is 10.6 Å². The summed E-state index contributed by atoms with van der Waals surface area (Å²) in [5.74, 6) is 0.0408. The van der Waals surface area contributed by atoms with Crippen LogP contribution in [0.2, 0.25) is 0 Å². The first-order valence-electron chi connectivity index (χ1n) is 7.09.